The van der Waals surface area contributed by atoms with E-state index in [0.29, 0.717) is 24.3 Å². The SMILES string of the molecule is CCOc1ccc(C(O)(CC)CC(=O)O)cc1. The van der Waals surface area contributed by atoms with Gasteiger partial charge in [0.2, 0.25) is 0 Å². The second-order valence-electron chi connectivity index (χ2n) is 3.91. The zero-order valence-electron chi connectivity index (χ0n) is 10.1. The fraction of sp³-hybridized carbons (Fsp3) is 0.462. The monoisotopic (exact) mass is 238 g/mol. The molecule has 1 unspecified atom stereocenters. The molecule has 4 heteroatoms. The van der Waals surface area contributed by atoms with Crippen LogP contribution in [0.5, 0.6) is 5.75 Å². The molecule has 0 aliphatic carbocycles. The van der Waals surface area contributed by atoms with Gasteiger partial charge in [0.25, 0.3) is 0 Å². The predicted molar refractivity (Wildman–Crippen MR) is 64.1 cm³/mol. The Morgan fingerprint density at radius 3 is 2.29 bits per heavy atom. The van der Waals surface area contributed by atoms with E-state index < -0.39 is 11.6 Å². The summed E-state index contributed by atoms with van der Waals surface area (Å²) in [6.45, 7) is 4.23. The standard InChI is InChI=1S/C13H18O4/c1-3-13(16,9-12(14)15)10-5-7-11(8-6-10)17-4-2/h5-8,16H,3-4,9H2,1-2H3,(H,14,15). The maximum absolute atomic E-state index is 10.7. The minimum atomic E-state index is -1.31. The predicted octanol–water partition coefficient (Wildman–Crippen LogP) is 2.16. The van der Waals surface area contributed by atoms with Gasteiger partial charge in [-0.2, -0.15) is 0 Å². The first-order valence-electron chi connectivity index (χ1n) is 5.69. The van der Waals surface area contributed by atoms with Crippen LogP contribution in [0, 0.1) is 0 Å². The average Bonchev–Trinajstić information content (AvgIpc) is 2.29. The summed E-state index contributed by atoms with van der Waals surface area (Å²) in [6.07, 6.45) is 0.0603. The highest BCUT2D eigenvalue weighted by Crippen LogP contribution is 2.29. The molecule has 0 bridgehead atoms. The molecule has 0 aliphatic heterocycles. The number of aliphatic hydroxyl groups is 1. The third kappa shape index (κ3) is 3.46. The van der Waals surface area contributed by atoms with Crippen molar-refractivity contribution >= 4 is 5.97 Å². The Bertz CT molecular complexity index is 372. The largest absolute Gasteiger partial charge is 0.494 e. The van der Waals surface area contributed by atoms with E-state index in [2.05, 4.69) is 0 Å². The summed E-state index contributed by atoms with van der Waals surface area (Å²) in [5.41, 5.74) is -0.706. The van der Waals surface area contributed by atoms with E-state index >= 15 is 0 Å². The van der Waals surface area contributed by atoms with Gasteiger partial charge in [0.15, 0.2) is 0 Å². The van der Waals surface area contributed by atoms with Gasteiger partial charge in [-0.15, -0.1) is 0 Å². The van der Waals surface area contributed by atoms with Crippen LogP contribution < -0.4 is 4.74 Å². The molecule has 0 radical (unpaired) electrons. The fourth-order valence-electron chi connectivity index (χ4n) is 1.71. The van der Waals surface area contributed by atoms with Gasteiger partial charge in [-0.05, 0) is 31.0 Å². The van der Waals surface area contributed by atoms with E-state index in [-0.39, 0.29) is 6.42 Å². The molecule has 17 heavy (non-hydrogen) atoms. The van der Waals surface area contributed by atoms with Crippen molar-refractivity contribution in [2.75, 3.05) is 6.61 Å². The maximum Gasteiger partial charge on any atom is 0.306 e. The van der Waals surface area contributed by atoms with Gasteiger partial charge in [-0.25, -0.2) is 0 Å². The molecule has 4 nitrogen and oxygen atoms in total. The van der Waals surface area contributed by atoms with Crippen molar-refractivity contribution in [2.24, 2.45) is 0 Å². The van der Waals surface area contributed by atoms with E-state index in [1.807, 2.05) is 6.92 Å². The van der Waals surface area contributed by atoms with E-state index in [1.165, 1.54) is 0 Å². The van der Waals surface area contributed by atoms with Gasteiger partial charge >= 0.3 is 5.97 Å². The summed E-state index contributed by atoms with van der Waals surface area (Å²) in [6, 6.07) is 6.89. The number of rotatable bonds is 6. The molecule has 0 fully saturated rings. The van der Waals surface area contributed by atoms with E-state index in [9.17, 15) is 9.90 Å². The van der Waals surface area contributed by atoms with Gasteiger partial charge in [-0.1, -0.05) is 19.1 Å². The van der Waals surface area contributed by atoms with Crippen molar-refractivity contribution in [1.29, 1.82) is 0 Å². The zero-order valence-corrected chi connectivity index (χ0v) is 10.1. The Morgan fingerprint density at radius 2 is 1.88 bits per heavy atom. The average molecular weight is 238 g/mol. The van der Waals surface area contributed by atoms with Crippen LogP contribution in [-0.4, -0.2) is 22.8 Å². The van der Waals surface area contributed by atoms with Crippen molar-refractivity contribution in [3.63, 3.8) is 0 Å². The summed E-state index contributed by atoms with van der Waals surface area (Å²) in [5, 5.41) is 19.1. The van der Waals surface area contributed by atoms with Gasteiger partial charge in [0, 0.05) is 0 Å². The summed E-state index contributed by atoms with van der Waals surface area (Å²) in [7, 11) is 0. The molecule has 2 N–H and O–H groups in total. The minimum absolute atomic E-state index is 0.294. The molecule has 0 spiro atoms. The zero-order chi connectivity index (χ0) is 12.9. The molecule has 1 atom stereocenters. The molecule has 1 rings (SSSR count). The molecule has 0 amide bonds. The summed E-state index contributed by atoms with van der Waals surface area (Å²) in [5.74, 6) is -0.298. The van der Waals surface area contributed by atoms with Crippen LogP contribution in [0.3, 0.4) is 0 Å². The van der Waals surface area contributed by atoms with Gasteiger partial charge < -0.3 is 14.9 Å². The minimum Gasteiger partial charge on any atom is -0.494 e. The van der Waals surface area contributed by atoms with Crippen molar-refractivity contribution in [1.82, 2.24) is 0 Å². The molecule has 0 heterocycles. The molecule has 0 saturated carbocycles. The van der Waals surface area contributed by atoms with Crippen LogP contribution >= 0.6 is 0 Å². The van der Waals surface area contributed by atoms with E-state index in [1.54, 1.807) is 31.2 Å². The molecule has 94 valence electrons. The molecular weight excluding hydrogens is 220 g/mol. The highest BCUT2D eigenvalue weighted by Gasteiger charge is 2.30. The Hall–Kier alpha value is -1.55. The Morgan fingerprint density at radius 1 is 1.29 bits per heavy atom. The van der Waals surface area contributed by atoms with Crippen LogP contribution in [0.2, 0.25) is 0 Å². The van der Waals surface area contributed by atoms with Crippen molar-refractivity contribution in [3.05, 3.63) is 29.8 Å². The second-order valence-corrected chi connectivity index (χ2v) is 3.91. The third-order valence-corrected chi connectivity index (χ3v) is 2.73. The first kappa shape index (κ1) is 13.5. The molecule has 0 saturated heterocycles. The lowest BCUT2D eigenvalue weighted by Crippen LogP contribution is -2.28. The number of benzene rings is 1. The van der Waals surface area contributed by atoms with Gasteiger partial charge in [-0.3, -0.25) is 4.79 Å². The van der Waals surface area contributed by atoms with Gasteiger partial charge in [0.1, 0.15) is 5.75 Å². The fourth-order valence-corrected chi connectivity index (χ4v) is 1.71. The highest BCUT2D eigenvalue weighted by molar-refractivity contribution is 5.68. The Balaban J connectivity index is 2.92. The number of hydrogen-bond acceptors (Lipinski definition) is 3. The Kier molecular flexibility index (Phi) is 4.52. The topological polar surface area (TPSA) is 66.8 Å². The van der Waals surface area contributed by atoms with Crippen LogP contribution in [0.25, 0.3) is 0 Å². The highest BCUT2D eigenvalue weighted by atomic mass is 16.5. The number of ether oxygens (including phenoxy) is 1. The first-order valence-corrected chi connectivity index (χ1v) is 5.69. The second kappa shape index (κ2) is 5.68. The van der Waals surface area contributed by atoms with Crippen LogP contribution in [-0.2, 0) is 10.4 Å². The molecule has 0 aromatic heterocycles. The smallest absolute Gasteiger partial charge is 0.306 e. The lowest BCUT2D eigenvalue weighted by atomic mass is 9.88. The quantitative estimate of drug-likeness (QED) is 0.797. The van der Waals surface area contributed by atoms with Crippen LogP contribution in [0.1, 0.15) is 32.3 Å². The number of carboxylic acids is 1. The number of hydrogen-bond donors (Lipinski definition) is 2. The van der Waals surface area contributed by atoms with Crippen molar-refractivity contribution in [3.8, 4) is 5.75 Å². The summed E-state index contributed by atoms with van der Waals surface area (Å²) in [4.78, 5) is 10.7. The van der Waals surface area contributed by atoms with Crippen molar-refractivity contribution in [2.45, 2.75) is 32.3 Å². The normalized spacial score (nSPS) is 14.1. The van der Waals surface area contributed by atoms with Crippen LogP contribution in [0.4, 0.5) is 0 Å². The number of aliphatic carboxylic acids is 1. The molecule has 1 aromatic carbocycles. The molecule has 1 aromatic rings. The lowest BCUT2D eigenvalue weighted by Gasteiger charge is -2.25. The first-order chi connectivity index (χ1) is 8.01. The molecule has 0 aliphatic rings. The van der Waals surface area contributed by atoms with E-state index in [4.69, 9.17) is 9.84 Å². The molecular formula is C13H18O4. The third-order valence-electron chi connectivity index (χ3n) is 2.73. The lowest BCUT2D eigenvalue weighted by molar-refractivity contribution is -0.143. The maximum atomic E-state index is 10.7. The Labute approximate surface area is 101 Å². The van der Waals surface area contributed by atoms with Crippen molar-refractivity contribution < 1.29 is 19.7 Å². The van der Waals surface area contributed by atoms with Crippen LogP contribution in [0.15, 0.2) is 24.3 Å². The van der Waals surface area contributed by atoms with Gasteiger partial charge in [0.05, 0.1) is 18.6 Å². The summed E-state index contributed by atoms with van der Waals surface area (Å²) < 4.78 is 5.29. The summed E-state index contributed by atoms with van der Waals surface area (Å²) >= 11 is 0. The van der Waals surface area contributed by atoms with E-state index in [0.717, 1.165) is 0 Å². The number of carboxylic acid groups (broad SMARTS) is 1. The number of carbonyl (C=O) groups is 1.